The van der Waals surface area contributed by atoms with E-state index in [1.807, 2.05) is 4.90 Å². The van der Waals surface area contributed by atoms with E-state index < -0.39 is 15.5 Å². The number of azo groups is 1. The first-order chi connectivity index (χ1) is 12.8. The molecule has 1 aliphatic rings. The van der Waals surface area contributed by atoms with E-state index in [0.29, 0.717) is 29.6 Å². The molecule has 0 bridgehead atoms. The summed E-state index contributed by atoms with van der Waals surface area (Å²) in [7, 11) is -5.50. The number of anilines is 2. The van der Waals surface area contributed by atoms with Crippen molar-refractivity contribution in [3.8, 4) is 0 Å². The SMILES string of the molecule is O=S(=O)(Nc1ccc(N=Nc2nncs2)c(N2CCCCC2)c1)C(F)(F)F. The van der Waals surface area contributed by atoms with Gasteiger partial charge in [0.2, 0.25) is 0 Å². The van der Waals surface area contributed by atoms with Gasteiger partial charge in [-0.15, -0.1) is 20.4 Å². The maximum atomic E-state index is 12.6. The molecule has 13 heteroatoms. The number of hydrogen-bond acceptors (Lipinski definition) is 8. The van der Waals surface area contributed by atoms with Crippen LogP contribution in [-0.4, -0.2) is 37.2 Å². The third kappa shape index (κ3) is 4.71. The Balaban J connectivity index is 1.94. The molecule has 3 rings (SSSR count). The first kappa shape index (κ1) is 19.5. The van der Waals surface area contributed by atoms with Crippen molar-refractivity contribution in [2.75, 3.05) is 22.7 Å². The summed E-state index contributed by atoms with van der Waals surface area (Å²) in [5.74, 6) is 0. The van der Waals surface area contributed by atoms with Crippen LogP contribution in [0.4, 0.5) is 35.4 Å². The molecule has 8 nitrogen and oxygen atoms in total. The van der Waals surface area contributed by atoms with Gasteiger partial charge < -0.3 is 4.90 Å². The smallest absolute Gasteiger partial charge is 0.370 e. The quantitative estimate of drug-likeness (QED) is 0.731. The maximum Gasteiger partial charge on any atom is 0.516 e. The highest BCUT2D eigenvalue weighted by atomic mass is 32.2. The lowest BCUT2D eigenvalue weighted by Gasteiger charge is -2.30. The molecule has 1 fully saturated rings. The van der Waals surface area contributed by atoms with E-state index in [1.54, 1.807) is 4.72 Å². The van der Waals surface area contributed by atoms with Crippen LogP contribution in [0, 0.1) is 0 Å². The van der Waals surface area contributed by atoms with Crippen molar-refractivity contribution < 1.29 is 21.6 Å². The van der Waals surface area contributed by atoms with Crippen molar-refractivity contribution in [3.63, 3.8) is 0 Å². The third-order valence-corrected chi connectivity index (χ3v) is 5.51. The van der Waals surface area contributed by atoms with Gasteiger partial charge in [0.1, 0.15) is 11.2 Å². The van der Waals surface area contributed by atoms with Gasteiger partial charge in [0, 0.05) is 13.1 Å². The number of nitrogens with zero attached hydrogens (tertiary/aromatic N) is 5. The summed E-state index contributed by atoms with van der Waals surface area (Å²) in [4.78, 5) is 1.95. The lowest BCUT2D eigenvalue weighted by Crippen LogP contribution is -2.31. The Kier molecular flexibility index (Phi) is 5.60. The summed E-state index contributed by atoms with van der Waals surface area (Å²) in [6, 6.07) is 3.97. The van der Waals surface area contributed by atoms with Gasteiger partial charge in [0.15, 0.2) is 0 Å². The van der Waals surface area contributed by atoms with Crippen LogP contribution in [0.2, 0.25) is 0 Å². The van der Waals surface area contributed by atoms with E-state index in [9.17, 15) is 21.6 Å². The van der Waals surface area contributed by atoms with Crippen LogP contribution in [-0.2, 0) is 10.0 Å². The number of halogens is 3. The second-order valence-electron chi connectivity index (χ2n) is 5.72. The first-order valence-corrected chi connectivity index (χ1v) is 10.3. The van der Waals surface area contributed by atoms with Crippen LogP contribution in [0.1, 0.15) is 19.3 Å². The zero-order valence-electron chi connectivity index (χ0n) is 13.8. The van der Waals surface area contributed by atoms with E-state index in [4.69, 9.17) is 0 Å². The molecule has 1 saturated heterocycles. The zero-order valence-corrected chi connectivity index (χ0v) is 15.5. The van der Waals surface area contributed by atoms with E-state index >= 15 is 0 Å². The molecule has 0 saturated carbocycles. The summed E-state index contributed by atoms with van der Waals surface area (Å²) in [6.07, 6.45) is 2.90. The van der Waals surface area contributed by atoms with Crippen molar-refractivity contribution in [2.45, 2.75) is 24.8 Å². The molecule has 146 valence electrons. The zero-order chi connectivity index (χ0) is 19.5. The summed E-state index contributed by atoms with van der Waals surface area (Å²) >= 11 is 1.18. The minimum absolute atomic E-state index is 0.192. The van der Waals surface area contributed by atoms with Crippen LogP contribution in [0.5, 0.6) is 0 Å². The van der Waals surface area contributed by atoms with Gasteiger partial charge in [0.25, 0.3) is 5.13 Å². The lowest BCUT2D eigenvalue weighted by molar-refractivity contribution is -0.0429. The van der Waals surface area contributed by atoms with E-state index in [1.165, 1.54) is 35.0 Å². The highest BCUT2D eigenvalue weighted by Crippen LogP contribution is 2.36. The molecular weight excluding hydrogens is 405 g/mol. The maximum absolute atomic E-state index is 12.6. The fourth-order valence-corrected chi connectivity index (χ4v) is 3.50. The predicted molar refractivity (Wildman–Crippen MR) is 95.2 cm³/mol. The molecule has 0 amide bonds. The first-order valence-electron chi connectivity index (χ1n) is 7.92. The van der Waals surface area contributed by atoms with Crippen molar-refractivity contribution >= 4 is 43.6 Å². The summed E-state index contributed by atoms with van der Waals surface area (Å²) in [6.45, 7) is 1.38. The molecule has 1 aliphatic heterocycles. The van der Waals surface area contributed by atoms with Crippen molar-refractivity contribution in [1.82, 2.24) is 10.2 Å². The number of hydrogen-bond donors (Lipinski definition) is 1. The second kappa shape index (κ2) is 7.76. The molecule has 1 aromatic carbocycles. The van der Waals surface area contributed by atoms with Crippen LogP contribution in [0.15, 0.2) is 33.9 Å². The number of aromatic nitrogens is 2. The number of sulfonamides is 1. The Morgan fingerprint density at radius 3 is 2.52 bits per heavy atom. The summed E-state index contributed by atoms with van der Waals surface area (Å²) in [5, 5.41) is 15.8. The predicted octanol–water partition coefficient (Wildman–Crippen LogP) is 4.21. The number of rotatable bonds is 5. The molecule has 27 heavy (non-hydrogen) atoms. The molecule has 1 aromatic heterocycles. The van der Waals surface area contributed by atoms with E-state index in [0.717, 1.165) is 19.3 Å². The standard InChI is InChI=1S/C14H15F3N6O2S2/c15-14(16,17)27(24,25)22-10-4-5-11(19-21-13-20-18-9-26-13)12(8-10)23-6-2-1-3-7-23/h4-5,8-9,22H,1-3,6-7H2. The molecule has 0 atom stereocenters. The van der Waals surface area contributed by atoms with Crippen molar-refractivity contribution in [1.29, 1.82) is 0 Å². The van der Waals surface area contributed by atoms with Crippen LogP contribution in [0.25, 0.3) is 0 Å². The normalized spacial score (nSPS) is 16.0. The van der Waals surface area contributed by atoms with Gasteiger partial charge in [-0.3, -0.25) is 4.72 Å². The molecule has 0 spiro atoms. The number of alkyl halides is 3. The fraction of sp³-hybridized carbons (Fsp3) is 0.429. The largest absolute Gasteiger partial charge is 0.516 e. The Bertz CT molecular complexity index is 909. The highest BCUT2D eigenvalue weighted by Gasteiger charge is 2.46. The van der Waals surface area contributed by atoms with Crippen LogP contribution >= 0.6 is 11.3 Å². The molecular formula is C14H15F3N6O2S2. The lowest BCUT2D eigenvalue weighted by atomic mass is 10.1. The fourth-order valence-electron chi connectivity index (χ4n) is 2.58. The van der Waals surface area contributed by atoms with Gasteiger partial charge in [0.05, 0.1) is 11.4 Å². The third-order valence-electron chi connectivity index (χ3n) is 3.82. The van der Waals surface area contributed by atoms with Gasteiger partial charge in [-0.2, -0.15) is 21.6 Å². The van der Waals surface area contributed by atoms with E-state index in [-0.39, 0.29) is 5.69 Å². The number of piperidine rings is 1. The molecule has 0 unspecified atom stereocenters. The molecule has 2 heterocycles. The van der Waals surface area contributed by atoms with Crippen molar-refractivity contribution in [2.24, 2.45) is 10.2 Å². The minimum Gasteiger partial charge on any atom is -0.370 e. The highest BCUT2D eigenvalue weighted by molar-refractivity contribution is 7.93. The molecule has 0 aliphatic carbocycles. The minimum atomic E-state index is -5.50. The Labute approximate surface area is 157 Å². The van der Waals surface area contributed by atoms with Crippen molar-refractivity contribution in [3.05, 3.63) is 23.7 Å². The number of benzene rings is 1. The Morgan fingerprint density at radius 1 is 1.15 bits per heavy atom. The molecule has 1 N–H and O–H groups in total. The monoisotopic (exact) mass is 420 g/mol. The average Bonchev–Trinajstić information content (AvgIpc) is 3.13. The topological polar surface area (TPSA) is 99.9 Å². The Morgan fingerprint density at radius 2 is 1.89 bits per heavy atom. The van der Waals surface area contributed by atoms with Crippen LogP contribution < -0.4 is 9.62 Å². The summed E-state index contributed by atoms with van der Waals surface area (Å²) in [5.41, 5.74) is -3.18. The number of nitrogens with one attached hydrogen (secondary N) is 1. The second-order valence-corrected chi connectivity index (χ2v) is 8.21. The summed E-state index contributed by atoms with van der Waals surface area (Å²) < 4.78 is 62.2. The van der Waals surface area contributed by atoms with Crippen LogP contribution in [0.3, 0.4) is 0 Å². The molecule has 2 aromatic rings. The van der Waals surface area contributed by atoms with Gasteiger partial charge in [-0.1, -0.05) is 11.3 Å². The van der Waals surface area contributed by atoms with Gasteiger partial charge in [-0.25, -0.2) is 0 Å². The van der Waals surface area contributed by atoms with Gasteiger partial charge >= 0.3 is 15.5 Å². The van der Waals surface area contributed by atoms with E-state index in [2.05, 4.69) is 20.4 Å². The molecule has 0 radical (unpaired) electrons. The Hall–Kier alpha value is -2.28. The average molecular weight is 420 g/mol. The van der Waals surface area contributed by atoms with Gasteiger partial charge in [-0.05, 0) is 37.5 Å².